The van der Waals surface area contributed by atoms with Gasteiger partial charge in [0, 0.05) is 12.1 Å². The molecule has 2 bridgehead atoms. The summed E-state index contributed by atoms with van der Waals surface area (Å²) in [6.07, 6.45) is 3.92. The molecule has 21 heavy (non-hydrogen) atoms. The number of rotatable bonds is 3. The van der Waals surface area contributed by atoms with Crippen molar-refractivity contribution in [2.75, 3.05) is 0 Å². The van der Waals surface area contributed by atoms with Crippen LogP contribution in [0.1, 0.15) is 58.6 Å². The predicted octanol–water partition coefficient (Wildman–Crippen LogP) is 5.34. The van der Waals surface area contributed by atoms with Crippen LogP contribution in [-0.4, -0.2) is 6.04 Å². The van der Waals surface area contributed by atoms with Crippen LogP contribution < -0.4 is 5.32 Å². The van der Waals surface area contributed by atoms with Crippen molar-refractivity contribution in [3.63, 3.8) is 0 Å². The Morgan fingerprint density at radius 3 is 2.57 bits per heavy atom. The van der Waals surface area contributed by atoms with Gasteiger partial charge in [-0.15, -0.1) is 0 Å². The van der Waals surface area contributed by atoms with Gasteiger partial charge in [0.05, 0.1) is 5.02 Å². The second kappa shape index (κ2) is 4.96. The molecule has 1 aromatic carbocycles. The molecular formula is C18H25ClFN. The molecule has 4 unspecified atom stereocenters. The molecule has 2 aliphatic rings. The first-order chi connectivity index (χ1) is 9.75. The predicted molar refractivity (Wildman–Crippen MR) is 86.0 cm³/mol. The summed E-state index contributed by atoms with van der Waals surface area (Å²) in [7, 11) is 0. The third-order valence-corrected chi connectivity index (χ3v) is 6.98. The zero-order valence-corrected chi connectivity index (χ0v) is 14.1. The van der Waals surface area contributed by atoms with Crippen molar-refractivity contribution in [1.82, 2.24) is 5.32 Å². The van der Waals surface area contributed by atoms with Crippen molar-refractivity contribution in [2.45, 2.75) is 59.0 Å². The van der Waals surface area contributed by atoms with E-state index in [4.69, 9.17) is 11.6 Å². The van der Waals surface area contributed by atoms with Crippen molar-refractivity contribution in [1.29, 1.82) is 0 Å². The average molecular weight is 310 g/mol. The number of fused-ring (bicyclic) bond motifs is 2. The Morgan fingerprint density at radius 2 is 2.05 bits per heavy atom. The standard InChI is InChI=1S/C18H25ClFN/c1-11(12-5-6-15(20)14(19)9-12)21-16-10-13-7-8-18(16,4)17(13,2)3/h5-6,9,11,13,16,21H,7-8,10H2,1-4H3. The van der Waals surface area contributed by atoms with Crippen LogP contribution in [0.25, 0.3) is 0 Å². The highest BCUT2D eigenvalue weighted by Gasteiger charge is 2.61. The summed E-state index contributed by atoms with van der Waals surface area (Å²) in [5.74, 6) is 0.477. The fourth-order valence-corrected chi connectivity index (χ4v) is 4.82. The van der Waals surface area contributed by atoms with Crippen molar-refractivity contribution >= 4 is 11.6 Å². The highest BCUT2D eigenvalue weighted by Crippen LogP contribution is 2.65. The zero-order valence-electron chi connectivity index (χ0n) is 13.3. The zero-order chi connectivity index (χ0) is 15.4. The molecule has 1 aromatic rings. The Labute approximate surface area is 132 Å². The molecule has 116 valence electrons. The molecule has 2 saturated carbocycles. The van der Waals surface area contributed by atoms with E-state index in [-0.39, 0.29) is 16.9 Å². The van der Waals surface area contributed by atoms with Gasteiger partial charge in [-0.05, 0) is 60.6 Å². The molecule has 3 heteroatoms. The van der Waals surface area contributed by atoms with Crippen LogP contribution in [-0.2, 0) is 0 Å². The van der Waals surface area contributed by atoms with Gasteiger partial charge in [0.1, 0.15) is 5.82 Å². The molecule has 2 fully saturated rings. The highest BCUT2D eigenvalue weighted by molar-refractivity contribution is 6.30. The van der Waals surface area contributed by atoms with E-state index in [1.165, 1.54) is 25.3 Å². The minimum Gasteiger partial charge on any atom is -0.307 e. The SMILES string of the molecule is CC(NC1CC2CCC1(C)C2(C)C)c1ccc(F)c(Cl)c1. The van der Waals surface area contributed by atoms with Crippen molar-refractivity contribution in [3.05, 3.63) is 34.6 Å². The molecule has 4 atom stereocenters. The van der Waals surface area contributed by atoms with Gasteiger partial charge < -0.3 is 5.32 Å². The normalized spacial score (nSPS) is 35.1. The van der Waals surface area contributed by atoms with E-state index >= 15 is 0 Å². The lowest BCUT2D eigenvalue weighted by molar-refractivity contribution is 0.116. The summed E-state index contributed by atoms with van der Waals surface area (Å²) >= 11 is 5.91. The maximum atomic E-state index is 13.3. The van der Waals surface area contributed by atoms with Crippen LogP contribution in [0.3, 0.4) is 0 Å². The highest BCUT2D eigenvalue weighted by atomic mass is 35.5. The van der Waals surface area contributed by atoms with Crippen LogP contribution in [0.2, 0.25) is 5.02 Å². The minimum absolute atomic E-state index is 0.195. The number of hydrogen-bond acceptors (Lipinski definition) is 1. The summed E-state index contributed by atoms with van der Waals surface area (Å²) in [5, 5.41) is 4.00. The molecule has 1 N–H and O–H groups in total. The Balaban J connectivity index is 1.77. The third kappa shape index (κ3) is 2.22. The largest absolute Gasteiger partial charge is 0.307 e. The van der Waals surface area contributed by atoms with Crippen molar-refractivity contribution in [2.24, 2.45) is 16.7 Å². The smallest absolute Gasteiger partial charge is 0.141 e. The van der Waals surface area contributed by atoms with E-state index < -0.39 is 0 Å². The molecular weight excluding hydrogens is 285 g/mol. The van der Waals surface area contributed by atoms with Gasteiger partial charge >= 0.3 is 0 Å². The van der Waals surface area contributed by atoms with Gasteiger partial charge in [0.2, 0.25) is 0 Å². The molecule has 2 aliphatic carbocycles. The van der Waals surface area contributed by atoms with E-state index in [9.17, 15) is 4.39 Å². The van der Waals surface area contributed by atoms with Crippen LogP contribution in [0.15, 0.2) is 18.2 Å². The molecule has 0 heterocycles. The topological polar surface area (TPSA) is 12.0 Å². The molecule has 0 aromatic heterocycles. The number of benzene rings is 1. The summed E-state index contributed by atoms with van der Waals surface area (Å²) < 4.78 is 13.3. The lowest BCUT2D eigenvalue weighted by Gasteiger charge is -2.40. The summed E-state index contributed by atoms with van der Waals surface area (Å²) in [6.45, 7) is 9.42. The Morgan fingerprint density at radius 1 is 1.33 bits per heavy atom. The van der Waals surface area contributed by atoms with Gasteiger partial charge in [-0.3, -0.25) is 0 Å². The van der Waals surface area contributed by atoms with Crippen molar-refractivity contribution < 1.29 is 4.39 Å². The lowest BCUT2D eigenvalue weighted by Crippen LogP contribution is -2.45. The first-order valence-corrected chi connectivity index (χ1v) is 8.34. The van der Waals surface area contributed by atoms with E-state index in [0.29, 0.717) is 16.9 Å². The number of nitrogens with one attached hydrogen (secondary N) is 1. The third-order valence-electron chi connectivity index (χ3n) is 6.69. The van der Waals surface area contributed by atoms with E-state index in [0.717, 1.165) is 11.5 Å². The second-order valence-corrected chi connectivity index (χ2v) is 8.13. The van der Waals surface area contributed by atoms with Gasteiger partial charge in [-0.2, -0.15) is 0 Å². The maximum Gasteiger partial charge on any atom is 0.141 e. The van der Waals surface area contributed by atoms with Crippen molar-refractivity contribution in [3.8, 4) is 0 Å². The molecule has 0 amide bonds. The van der Waals surface area contributed by atoms with E-state index in [1.807, 2.05) is 6.07 Å². The first kappa shape index (κ1) is 15.3. The van der Waals surface area contributed by atoms with Crippen LogP contribution in [0.4, 0.5) is 4.39 Å². The molecule has 0 spiro atoms. The van der Waals surface area contributed by atoms with Crippen LogP contribution in [0.5, 0.6) is 0 Å². The fraction of sp³-hybridized carbons (Fsp3) is 0.667. The van der Waals surface area contributed by atoms with E-state index in [2.05, 4.69) is 33.0 Å². The van der Waals surface area contributed by atoms with Crippen LogP contribution in [0, 0.1) is 22.6 Å². The molecule has 0 radical (unpaired) electrons. The lowest BCUT2D eigenvalue weighted by atomic mass is 9.69. The average Bonchev–Trinajstić information content (AvgIpc) is 2.75. The van der Waals surface area contributed by atoms with Gasteiger partial charge in [-0.1, -0.05) is 38.4 Å². The van der Waals surface area contributed by atoms with Gasteiger partial charge in [-0.25, -0.2) is 4.39 Å². The Bertz CT molecular complexity index is 556. The monoisotopic (exact) mass is 309 g/mol. The number of hydrogen-bond donors (Lipinski definition) is 1. The molecule has 0 saturated heterocycles. The summed E-state index contributed by atoms with van der Waals surface area (Å²) in [4.78, 5) is 0. The second-order valence-electron chi connectivity index (χ2n) is 7.72. The minimum atomic E-state index is -0.347. The quantitative estimate of drug-likeness (QED) is 0.794. The van der Waals surface area contributed by atoms with E-state index in [1.54, 1.807) is 6.07 Å². The maximum absolute atomic E-state index is 13.3. The summed E-state index contributed by atoms with van der Waals surface area (Å²) in [5.41, 5.74) is 1.83. The first-order valence-electron chi connectivity index (χ1n) is 7.97. The molecule has 3 rings (SSSR count). The summed E-state index contributed by atoms with van der Waals surface area (Å²) in [6, 6.07) is 5.77. The van der Waals surface area contributed by atoms with Crippen LogP contribution >= 0.6 is 11.6 Å². The van der Waals surface area contributed by atoms with Gasteiger partial charge in [0.25, 0.3) is 0 Å². The molecule has 0 aliphatic heterocycles. The number of halogens is 2. The fourth-order valence-electron chi connectivity index (χ4n) is 4.64. The Kier molecular flexibility index (Phi) is 3.61. The van der Waals surface area contributed by atoms with Gasteiger partial charge in [0.15, 0.2) is 0 Å². The molecule has 1 nitrogen and oxygen atoms in total. The Hall–Kier alpha value is -0.600.